The Morgan fingerprint density at radius 3 is 2.72 bits per heavy atom. The number of hydrogen-bond acceptors (Lipinski definition) is 4. The molecule has 1 fully saturated rings. The van der Waals surface area contributed by atoms with Gasteiger partial charge in [-0.05, 0) is 49.1 Å². The number of benzene rings is 1. The molecule has 6 heteroatoms. The number of carbonyl (C=O) groups is 2. The van der Waals surface area contributed by atoms with E-state index < -0.39 is 11.9 Å². The van der Waals surface area contributed by atoms with Crippen molar-refractivity contribution < 1.29 is 23.8 Å². The third-order valence-electron chi connectivity index (χ3n) is 4.44. The summed E-state index contributed by atoms with van der Waals surface area (Å²) in [5, 5.41) is 11.9. The Kier molecular flexibility index (Phi) is 5.50. The zero-order valence-corrected chi connectivity index (χ0v) is 13.8. The van der Waals surface area contributed by atoms with Gasteiger partial charge in [0, 0.05) is 11.6 Å². The molecular formula is C19H21NO5. The molecule has 132 valence electrons. The lowest BCUT2D eigenvalue weighted by Crippen LogP contribution is -2.21. The number of amides is 1. The number of anilines is 1. The molecule has 1 saturated carbocycles. The largest absolute Gasteiger partial charge is 0.481 e. The van der Waals surface area contributed by atoms with Crippen LogP contribution in [0.3, 0.4) is 0 Å². The summed E-state index contributed by atoms with van der Waals surface area (Å²) in [5.41, 5.74) is 1.64. The van der Waals surface area contributed by atoms with Gasteiger partial charge in [-0.25, -0.2) is 0 Å². The molecule has 0 bridgehead atoms. The first kappa shape index (κ1) is 17.2. The standard InChI is InChI=1S/C19H21NO5/c21-18(14-6-7-15(10-14)19(22)23)20-16-4-1-3-13(9-16)11-24-12-17-5-2-8-25-17/h1-5,8-9,14-15H,6-7,10-12H2,(H,20,21)(H,22,23)/t14-,15+/m0/s1. The van der Waals surface area contributed by atoms with Crippen molar-refractivity contribution in [3.05, 3.63) is 54.0 Å². The number of ether oxygens (including phenoxy) is 1. The molecule has 0 spiro atoms. The highest BCUT2D eigenvalue weighted by molar-refractivity contribution is 5.93. The van der Waals surface area contributed by atoms with Crippen molar-refractivity contribution in [3.8, 4) is 0 Å². The van der Waals surface area contributed by atoms with E-state index in [1.807, 2.05) is 36.4 Å². The van der Waals surface area contributed by atoms with Crippen molar-refractivity contribution in [2.24, 2.45) is 11.8 Å². The number of hydrogen-bond donors (Lipinski definition) is 2. The van der Waals surface area contributed by atoms with Crippen LogP contribution in [0.2, 0.25) is 0 Å². The van der Waals surface area contributed by atoms with Gasteiger partial charge in [-0.15, -0.1) is 0 Å². The topological polar surface area (TPSA) is 88.8 Å². The van der Waals surface area contributed by atoms with Crippen molar-refractivity contribution in [2.75, 3.05) is 5.32 Å². The second-order valence-electron chi connectivity index (χ2n) is 6.31. The van der Waals surface area contributed by atoms with Crippen LogP contribution in [0.5, 0.6) is 0 Å². The van der Waals surface area contributed by atoms with Crippen LogP contribution in [0.1, 0.15) is 30.6 Å². The molecule has 6 nitrogen and oxygen atoms in total. The predicted molar refractivity (Wildman–Crippen MR) is 90.7 cm³/mol. The maximum Gasteiger partial charge on any atom is 0.306 e. The predicted octanol–water partition coefficient (Wildman–Crippen LogP) is 3.44. The SMILES string of the molecule is O=C(O)[C@@H]1CC[C@H](C(=O)Nc2cccc(COCc3ccco3)c2)C1. The van der Waals surface area contributed by atoms with Crippen molar-refractivity contribution in [1.82, 2.24) is 0 Å². The fourth-order valence-corrected chi connectivity index (χ4v) is 3.09. The highest BCUT2D eigenvalue weighted by atomic mass is 16.5. The van der Waals surface area contributed by atoms with Gasteiger partial charge in [0.2, 0.25) is 5.91 Å². The third kappa shape index (κ3) is 4.70. The molecule has 1 amide bonds. The summed E-state index contributed by atoms with van der Waals surface area (Å²) >= 11 is 0. The van der Waals surface area contributed by atoms with E-state index in [0.717, 1.165) is 11.3 Å². The fraction of sp³-hybridized carbons (Fsp3) is 0.368. The maximum absolute atomic E-state index is 12.3. The molecule has 0 radical (unpaired) electrons. The molecule has 0 saturated heterocycles. The van der Waals surface area contributed by atoms with Gasteiger partial charge in [-0.3, -0.25) is 9.59 Å². The molecule has 1 heterocycles. The van der Waals surface area contributed by atoms with Crippen molar-refractivity contribution in [2.45, 2.75) is 32.5 Å². The summed E-state index contributed by atoms with van der Waals surface area (Å²) in [7, 11) is 0. The molecule has 1 aromatic heterocycles. The number of furan rings is 1. The van der Waals surface area contributed by atoms with Crippen LogP contribution in [-0.2, 0) is 27.5 Å². The van der Waals surface area contributed by atoms with Crippen molar-refractivity contribution >= 4 is 17.6 Å². The lowest BCUT2D eigenvalue weighted by atomic mass is 10.0. The number of aliphatic carboxylic acids is 1. The van der Waals surface area contributed by atoms with Gasteiger partial charge < -0.3 is 19.6 Å². The van der Waals surface area contributed by atoms with Gasteiger partial charge in [0.1, 0.15) is 12.4 Å². The van der Waals surface area contributed by atoms with Gasteiger partial charge in [0.25, 0.3) is 0 Å². The summed E-state index contributed by atoms with van der Waals surface area (Å²) < 4.78 is 10.8. The Bertz CT molecular complexity index is 725. The minimum absolute atomic E-state index is 0.114. The molecular weight excluding hydrogens is 322 g/mol. The van der Waals surface area contributed by atoms with Gasteiger partial charge in [-0.2, -0.15) is 0 Å². The highest BCUT2D eigenvalue weighted by Crippen LogP contribution is 2.32. The summed E-state index contributed by atoms with van der Waals surface area (Å²) in [6.45, 7) is 0.803. The molecule has 1 aromatic carbocycles. The monoisotopic (exact) mass is 343 g/mol. The minimum Gasteiger partial charge on any atom is -0.481 e. The number of nitrogens with one attached hydrogen (secondary N) is 1. The van der Waals surface area contributed by atoms with E-state index in [2.05, 4.69) is 5.32 Å². The number of carbonyl (C=O) groups excluding carboxylic acids is 1. The number of carboxylic acid groups (broad SMARTS) is 1. The lowest BCUT2D eigenvalue weighted by Gasteiger charge is -2.12. The van der Waals surface area contributed by atoms with Crippen LogP contribution in [0.15, 0.2) is 47.1 Å². The second-order valence-corrected chi connectivity index (χ2v) is 6.31. The van der Waals surface area contributed by atoms with E-state index in [-0.39, 0.29) is 11.8 Å². The Morgan fingerprint density at radius 1 is 1.16 bits per heavy atom. The van der Waals surface area contributed by atoms with Crippen LogP contribution in [0, 0.1) is 11.8 Å². The van der Waals surface area contributed by atoms with Gasteiger partial charge in [-0.1, -0.05) is 12.1 Å². The van der Waals surface area contributed by atoms with Crippen molar-refractivity contribution in [1.29, 1.82) is 0 Å². The van der Waals surface area contributed by atoms with E-state index in [1.54, 1.807) is 6.26 Å². The molecule has 1 aliphatic rings. The highest BCUT2D eigenvalue weighted by Gasteiger charge is 2.33. The second kappa shape index (κ2) is 7.98. The minimum atomic E-state index is -0.814. The Labute approximate surface area is 145 Å². The van der Waals surface area contributed by atoms with E-state index in [9.17, 15) is 9.59 Å². The Morgan fingerprint density at radius 2 is 2.00 bits per heavy atom. The molecule has 3 rings (SSSR count). The average molecular weight is 343 g/mol. The summed E-state index contributed by atoms with van der Waals surface area (Å²) in [5.74, 6) is -0.806. The van der Waals surface area contributed by atoms with Crippen molar-refractivity contribution in [3.63, 3.8) is 0 Å². The third-order valence-corrected chi connectivity index (χ3v) is 4.44. The molecule has 0 unspecified atom stereocenters. The number of carboxylic acids is 1. The Hall–Kier alpha value is -2.60. The summed E-state index contributed by atoms with van der Waals surface area (Å²) in [4.78, 5) is 23.3. The number of rotatable bonds is 7. The molecule has 0 aliphatic heterocycles. The maximum atomic E-state index is 12.3. The first-order valence-electron chi connectivity index (χ1n) is 8.34. The summed E-state index contributed by atoms with van der Waals surface area (Å²) in [6.07, 6.45) is 3.20. The van der Waals surface area contributed by atoms with E-state index in [0.29, 0.717) is 38.2 Å². The smallest absolute Gasteiger partial charge is 0.306 e. The molecule has 2 N–H and O–H groups in total. The molecule has 25 heavy (non-hydrogen) atoms. The van der Waals surface area contributed by atoms with E-state index in [4.69, 9.17) is 14.3 Å². The Balaban J connectivity index is 1.51. The molecule has 1 aliphatic carbocycles. The van der Waals surface area contributed by atoms with Crippen LogP contribution in [-0.4, -0.2) is 17.0 Å². The van der Waals surface area contributed by atoms with Crippen LogP contribution in [0.4, 0.5) is 5.69 Å². The van der Waals surface area contributed by atoms with Gasteiger partial charge in [0.05, 0.1) is 18.8 Å². The van der Waals surface area contributed by atoms with Crippen LogP contribution < -0.4 is 5.32 Å². The lowest BCUT2D eigenvalue weighted by molar-refractivity contribution is -0.141. The van der Waals surface area contributed by atoms with E-state index in [1.165, 1.54) is 0 Å². The van der Waals surface area contributed by atoms with E-state index >= 15 is 0 Å². The first-order chi connectivity index (χ1) is 12.1. The first-order valence-corrected chi connectivity index (χ1v) is 8.34. The van der Waals surface area contributed by atoms with Crippen LogP contribution in [0.25, 0.3) is 0 Å². The van der Waals surface area contributed by atoms with Gasteiger partial charge in [0.15, 0.2) is 0 Å². The van der Waals surface area contributed by atoms with Gasteiger partial charge >= 0.3 is 5.97 Å². The molecule has 2 aromatic rings. The zero-order chi connectivity index (χ0) is 17.6. The quantitative estimate of drug-likeness (QED) is 0.804. The molecule has 2 atom stereocenters. The van der Waals surface area contributed by atoms with Crippen LogP contribution >= 0.6 is 0 Å². The average Bonchev–Trinajstić information content (AvgIpc) is 3.27. The fourth-order valence-electron chi connectivity index (χ4n) is 3.09. The zero-order valence-electron chi connectivity index (χ0n) is 13.8. The summed E-state index contributed by atoms with van der Waals surface area (Å²) in [6, 6.07) is 11.1. The normalized spacial score (nSPS) is 19.7.